The van der Waals surface area contributed by atoms with Crippen LogP contribution in [-0.4, -0.2) is 17.9 Å². The molecule has 0 heterocycles. The van der Waals surface area contributed by atoms with Gasteiger partial charge in [0.25, 0.3) is 5.91 Å². The fourth-order valence-electron chi connectivity index (χ4n) is 1.98. The first-order valence-electron chi connectivity index (χ1n) is 6.34. The minimum atomic E-state index is -0.0621. The molecule has 0 spiro atoms. The summed E-state index contributed by atoms with van der Waals surface area (Å²) in [6, 6.07) is 10.9. The highest BCUT2D eigenvalue weighted by Gasteiger charge is 2.16. The van der Waals surface area contributed by atoms with E-state index >= 15 is 0 Å². The summed E-state index contributed by atoms with van der Waals surface area (Å²) in [7, 11) is 1.75. The highest BCUT2D eigenvalue weighted by atomic mass is 79.9. The van der Waals surface area contributed by atoms with Gasteiger partial charge >= 0.3 is 0 Å². The predicted molar refractivity (Wildman–Crippen MR) is 91.1 cm³/mol. The van der Waals surface area contributed by atoms with Gasteiger partial charge in [0.2, 0.25) is 0 Å². The molecule has 0 radical (unpaired) electrons. The van der Waals surface area contributed by atoms with Crippen molar-refractivity contribution in [3.05, 3.63) is 67.6 Å². The number of carbonyl (C=O) groups is 1. The maximum Gasteiger partial charge on any atom is 0.255 e. The minimum absolute atomic E-state index is 0.0621. The van der Waals surface area contributed by atoms with Crippen LogP contribution in [0.15, 0.2) is 40.9 Å². The summed E-state index contributed by atoms with van der Waals surface area (Å²) in [5.41, 5.74) is 2.59. The van der Waals surface area contributed by atoms with Gasteiger partial charge in [-0.05, 0) is 58.2 Å². The van der Waals surface area contributed by atoms with Crippen molar-refractivity contribution in [1.82, 2.24) is 4.90 Å². The average molecular weight is 387 g/mol. The SMILES string of the molecule is Cc1ccc(C(=O)N(C)Cc2ccc(Cl)cc2Cl)c(Br)c1. The second-order valence-electron chi connectivity index (χ2n) is 4.88. The Bertz CT molecular complexity index is 688. The van der Waals surface area contributed by atoms with Crippen LogP contribution in [0.4, 0.5) is 0 Å². The van der Waals surface area contributed by atoms with Gasteiger partial charge in [-0.1, -0.05) is 35.3 Å². The maximum absolute atomic E-state index is 12.5. The first kappa shape index (κ1) is 16.3. The Morgan fingerprint density at radius 2 is 1.90 bits per heavy atom. The second kappa shape index (κ2) is 6.82. The number of halogens is 3. The zero-order valence-electron chi connectivity index (χ0n) is 11.7. The molecular formula is C16H14BrCl2NO. The van der Waals surface area contributed by atoms with Crippen LogP contribution < -0.4 is 0 Å². The van der Waals surface area contributed by atoms with Crippen molar-refractivity contribution < 1.29 is 4.79 Å². The molecule has 2 rings (SSSR count). The predicted octanol–water partition coefficient (Wildman–Crippen LogP) is 5.34. The van der Waals surface area contributed by atoms with E-state index in [1.807, 2.05) is 31.2 Å². The first-order chi connectivity index (χ1) is 9.88. The molecule has 0 saturated carbocycles. The Labute approximate surface area is 142 Å². The number of carbonyl (C=O) groups excluding carboxylic acids is 1. The van der Waals surface area contributed by atoms with Crippen LogP contribution in [0.25, 0.3) is 0 Å². The summed E-state index contributed by atoms with van der Waals surface area (Å²) in [6.07, 6.45) is 0. The van der Waals surface area contributed by atoms with Gasteiger partial charge in [-0.3, -0.25) is 4.79 Å². The number of nitrogens with zero attached hydrogens (tertiary/aromatic N) is 1. The van der Waals surface area contributed by atoms with E-state index in [0.29, 0.717) is 22.2 Å². The van der Waals surface area contributed by atoms with E-state index in [9.17, 15) is 4.79 Å². The normalized spacial score (nSPS) is 10.5. The van der Waals surface area contributed by atoms with E-state index in [0.717, 1.165) is 15.6 Å². The van der Waals surface area contributed by atoms with E-state index in [-0.39, 0.29) is 5.91 Å². The van der Waals surface area contributed by atoms with Gasteiger partial charge in [-0.25, -0.2) is 0 Å². The molecule has 1 amide bonds. The molecule has 0 N–H and O–H groups in total. The molecule has 0 atom stereocenters. The van der Waals surface area contributed by atoms with Crippen LogP contribution >= 0.6 is 39.1 Å². The van der Waals surface area contributed by atoms with Gasteiger partial charge < -0.3 is 4.90 Å². The highest BCUT2D eigenvalue weighted by molar-refractivity contribution is 9.10. The van der Waals surface area contributed by atoms with E-state index in [1.54, 1.807) is 24.1 Å². The lowest BCUT2D eigenvalue weighted by Crippen LogP contribution is -2.26. The molecule has 0 fully saturated rings. The molecule has 2 aromatic carbocycles. The van der Waals surface area contributed by atoms with Crippen molar-refractivity contribution in [2.45, 2.75) is 13.5 Å². The van der Waals surface area contributed by atoms with Crippen molar-refractivity contribution in [2.24, 2.45) is 0 Å². The molecule has 0 bridgehead atoms. The third-order valence-electron chi connectivity index (χ3n) is 3.12. The number of aryl methyl sites for hydroxylation is 1. The molecule has 0 saturated heterocycles. The van der Waals surface area contributed by atoms with E-state index in [1.165, 1.54) is 0 Å². The van der Waals surface area contributed by atoms with Crippen LogP contribution in [0.1, 0.15) is 21.5 Å². The molecule has 0 aliphatic carbocycles. The van der Waals surface area contributed by atoms with E-state index < -0.39 is 0 Å². The summed E-state index contributed by atoms with van der Waals surface area (Å²) in [6.45, 7) is 2.41. The molecule has 0 aliphatic heterocycles. The minimum Gasteiger partial charge on any atom is -0.337 e. The fraction of sp³-hybridized carbons (Fsp3) is 0.188. The number of rotatable bonds is 3. The third kappa shape index (κ3) is 4.00. The van der Waals surface area contributed by atoms with Crippen molar-refractivity contribution >= 4 is 45.0 Å². The summed E-state index contributed by atoms with van der Waals surface area (Å²) in [5.74, 6) is -0.0621. The largest absolute Gasteiger partial charge is 0.337 e. The Morgan fingerprint density at radius 3 is 2.52 bits per heavy atom. The average Bonchev–Trinajstić information content (AvgIpc) is 2.41. The van der Waals surface area contributed by atoms with Crippen LogP contribution in [0.5, 0.6) is 0 Å². The molecule has 2 nitrogen and oxygen atoms in total. The van der Waals surface area contributed by atoms with Gasteiger partial charge in [0.05, 0.1) is 5.56 Å². The summed E-state index contributed by atoms with van der Waals surface area (Å²) >= 11 is 15.5. The Balaban J connectivity index is 2.19. The van der Waals surface area contributed by atoms with Gasteiger partial charge in [0, 0.05) is 28.1 Å². The monoisotopic (exact) mass is 385 g/mol. The highest BCUT2D eigenvalue weighted by Crippen LogP contribution is 2.24. The number of hydrogen-bond acceptors (Lipinski definition) is 1. The Hall–Kier alpha value is -1.03. The number of hydrogen-bond donors (Lipinski definition) is 0. The molecular weight excluding hydrogens is 373 g/mol. The van der Waals surface area contributed by atoms with Crippen molar-refractivity contribution in [1.29, 1.82) is 0 Å². The lowest BCUT2D eigenvalue weighted by molar-refractivity contribution is 0.0784. The second-order valence-corrected chi connectivity index (χ2v) is 6.58. The molecule has 0 aromatic heterocycles. The van der Waals surface area contributed by atoms with Crippen LogP contribution in [0, 0.1) is 6.92 Å². The lowest BCUT2D eigenvalue weighted by Gasteiger charge is -2.19. The third-order valence-corrected chi connectivity index (χ3v) is 4.37. The number of amides is 1. The van der Waals surface area contributed by atoms with Gasteiger partial charge in [0.1, 0.15) is 0 Å². The van der Waals surface area contributed by atoms with Gasteiger partial charge in [-0.2, -0.15) is 0 Å². The molecule has 5 heteroatoms. The van der Waals surface area contributed by atoms with E-state index in [2.05, 4.69) is 15.9 Å². The topological polar surface area (TPSA) is 20.3 Å². The Kier molecular flexibility index (Phi) is 5.31. The number of benzene rings is 2. The molecule has 2 aromatic rings. The standard InChI is InChI=1S/C16H14BrCl2NO/c1-10-3-6-13(14(17)7-10)16(21)20(2)9-11-4-5-12(18)8-15(11)19/h3-8H,9H2,1-2H3. The van der Waals surface area contributed by atoms with Crippen LogP contribution in [-0.2, 0) is 6.54 Å². The van der Waals surface area contributed by atoms with E-state index in [4.69, 9.17) is 23.2 Å². The fourth-order valence-corrected chi connectivity index (χ4v) is 3.11. The zero-order valence-corrected chi connectivity index (χ0v) is 14.8. The quantitative estimate of drug-likeness (QED) is 0.697. The van der Waals surface area contributed by atoms with Crippen molar-refractivity contribution in [3.8, 4) is 0 Å². The van der Waals surface area contributed by atoms with Gasteiger partial charge in [-0.15, -0.1) is 0 Å². The van der Waals surface area contributed by atoms with Crippen molar-refractivity contribution in [2.75, 3.05) is 7.05 Å². The van der Waals surface area contributed by atoms with Gasteiger partial charge in [0.15, 0.2) is 0 Å². The summed E-state index contributed by atoms with van der Waals surface area (Å²) in [5, 5.41) is 1.14. The van der Waals surface area contributed by atoms with Crippen LogP contribution in [0.2, 0.25) is 10.0 Å². The molecule has 110 valence electrons. The smallest absolute Gasteiger partial charge is 0.255 e. The molecule has 0 aliphatic rings. The summed E-state index contributed by atoms with van der Waals surface area (Å²) in [4.78, 5) is 14.1. The summed E-state index contributed by atoms with van der Waals surface area (Å²) < 4.78 is 0.793. The lowest BCUT2D eigenvalue weighted by atomic mass is 10.1. The zero-order chi connectivity index (χ0) is 15.6. The van der Waals surface area contributed by atoms with Crippen molar-refractivity contribution in [3.63, 3.8) is 0 Å². The Morgan fingerprint density at radius 1 is 1.19 bits per heavy atom. The first-order valence-corrected chi connectivity index (χ1v) is 7.89. The molecule has 0 unspecified atom stereocenters. The van der Waals surface area contributed by atoms with Crippen LogP contribution in [0.3, 0.4) is 0 Å². The molecule has 21 heavy (non-hydrogen) atoms. The maximum atomic E-state index is 12.5.